The van der Waals surface area contributed by atoms with E-state index in [4.69, 9.17) is 4.74 Å². The maximum atomic E-state index is 12.0. The molecule has 0 heterocycles. The first-order valence-electron chi connectivity index (χ1n) is 5.48. The molecule has 0 aliphatic heterocycles. The molecule has 0 amide bonds. The zero-order chi connectivity index (χ0) is 12.8. The Hall–Kier alpha value is -0.680. The van der Waals surface area contributed by atoms with Crippen LogP contribution in [0, 0.1) is 0 Å². The summed E-state index contributed by atoms with van der Waals surface area (Å²) in [5.74, 6) is 0.442. The molecule has 1 atom stereocenters. The van der Waals surface area contributed by atoms with E-state index in [0.29, 0.717) is 10.2 Å². The van der Waals surface area contributed by atoms with Gasteiger partial charge in [0.15, 0.2) is 0 Å². The number of hydrogen-bond acceptors (Lipinski definition) is 2. The van der Waals surface area contributed by atoms with E-state index in [0.717, 1.165) is 12.1 Å². The summed E-state index contributed by atoms with van der Waals surface area (Å²) < 4.78 is 29.7. The van der Waals surface area contributed by atoms with Crippen LogP contribution in [0.3, 0.4) is 0 Å². The molecular weight excluding hydrogens is 292 g/mol. The van der Waals surface area contributed by atoms with Crippen molar-refractivity contribution < 1.29 is 13.5 Å². The van der Waals surface area contributed by atoms with Crippen LogP contribution in [-0.4, -0.2) is 19.6 Å². The van der Waals surface area contributed by atoms with Crippen molar-refractivity contribution in [2.45, 2.75) is 26.3 Å². The van der Waals surface area contributed by atoms with Gasteiger partial charge in [-0.3, -0.25) is 0 Å². The largest absolute Gasteiger partial charge is 0.486 e. The summed E-state index contributed by atoms with van der Waals surface area (Å²) in [6.45, 7) is 4.37. The van der Waals surface area contributed by atoms with Crippen LogP contribution >= 0.6 is 15.9 Å². The fraction of sp³-hybridized carbons (Fsp3) is 0.500. The van der Waals surface area contributed by atoms with Crippen LogP contribution in [0.15, 0.2) is 22.7 Å². The van der Waals surface area contributed by atoms with E-state index >= 15 is 0 Å². The molecule has 0 fully saturated rings. The Bertz CT molecular complexity index is 360. The lowest BCUT2D eigenvalue weighted by Gasteiger charge is -2.15. The van der Waals surface area contributed by atoms with Crippen LogP contribution in [0.1, 0.15) is 25.5 Å². The lowest BCUT2D eigenvalue weighted by molar-refractivity contribution is 0.0815. The predicted molar refractivity (Wildman–Crippen MR) is 67.7 cm³/mol. The maximum Gasteiger partial charge on any atom is 0.272 e. The minimum absolute atomic E-state index is 0.223. The molecular formula is C12H16BrF2NO. The highest BCUT2D eigenvalue weighted by molar-refractivity contribution is 9.10. The SMILES string of the molecule is CCNC(C)c1ccc(OCC(F)F)c(Br)c1. The second kappa shape index (κ2) is 6.91. The van der Waals surface area contributed by atoms with Crippen LogP contribution in [0.4, 0.5) is 8.78 Å². The Morgan fingerprint density at radius 3 is 2.65 bits per heavy atom. The second-order valence-electron chi connectivity index (χ2n) is 3.67. The zero-order valence-electron chi connectivity index (χ0n) is 9.84. The van der Waals surface area contributed by atoms with Gasteiger partial charge in [-0.2, -0.15) is 0 Å². The van der Waals surface area contributed by atoms with Crippen molar-refractivity contribution in [2.24, 2.45) is 0 Å². The highest BCUT2D eigenvalue weighted by Gasteiger charge is 2.09. The van der Waals surface area contributed by atoms with Crippen molar-refractivity contribution in [3.8, 4) is 5.75 Å². The van der Waals surface area contributed by atoms with Crippen LogP contribution in [0.5, 0.6) is 5.75 Å². The van der Waals surface area contributed by atoms with Gasteiger partial charge >= 0.3 is 0 Å². The Morgan fingerprint density at radius 1 is 1.41 bits per heavy atom. The van der Waals surface area contributed by atoms with Crippen molar-refractivity contribution >= 4 is 15.9 Å². The molecule has 0 radical (unpaired) electrons. The van der Waals surface area contributed by atoms with E-state index in [-0.39, 0.29) is 6.04 Å². The lowest BCUT2D eigenvalue weighted by Crippen LogP contribution is -2.17. The molecule has 0 saturated carbocycles. The Labute approximate surface area is 108 Å². The summed E-state index contributed by atoms with van der Waals surface area (Å²) in [6, 6.07) is 5.68. The van der Waals surface area contributed by atoms with Gasteiger partial charge in [0.25, 0.3) is 6.43 Å². The number of halogens is 3. The van der Waals surface area contributed by atoms with E-state index in [1.165, 1.54) is 0 Å². The molecule has 5 heteroatoms. The van der Waals surface area contributed by atoms with Crippen molar-refractivity contribution in [2.75, 3.05) is 13.2 Å². The number of benzene rings is 1. The van der Waals surface area contributed by atoms with E-state index in [9.17, 15) is 8.78 Å². The molecule has 0 aromatic heterocycles. The van der Waals surface area contributed by atoms with Crippen molar-refractivity contribution in [3.05, 3.63) is 28.2 Å². The number of rotatable bonds is 6. The Kier molecular flexibility index (Phi) is 5.85. The third-order valence-corrected chi connectivity index (χ3v) is 2.95. The van der Waals surface area contributed by atoms with Gasteiger partial charge in [-0.25, -0.2) is 8.78 Å². The first-order valence-corrected chi connectivity index (χ1v) is 6.27. The van der Waals surface area contributed by atoms with E-state index in [1.807, 2.05) is 26.0 Å². The maximum absolute atomic E-state index is 12.0. The molecule has 0 aliphatic rings. The summed E-state index contributed by atoms with van der Waals surface area (Å²) in [5.41, 5.74) is 1.09. The average Bonchev–Trinajstić information content (AvgIpc) is 2.27. The van der Waals surface area contributed by atoms with Gasteiger partial charge in [-0.15, -0.1) is 0 Å². The predicted octanol–water partition coefficient (Wildman–Crippen LogP) is 3.76. The van der Waals surface area contributed by atoms with Gasteiger partial charge < -0.3 is 10.1 Å². The quantitative estimate of drug-likeness (QED) is 0.864. The van der Waals surface area contributed by atoms with Crippen molar-refractivity contribution in [1.82, 2.24) is 5.32 Å². The molecule has 0 bridgehead atoms. The highest BCUT2D eigenvalue weighted by Crippen LogP contribution is 2.28. The van der Waals surface area contributed by atoms with Crippen molar-refractivity contribution in [1.29, 1.82) is 0 Å². The average molecular weight is 308 g/mol. The molecule has 1 unspecified atom stereocenters. The standard InChI is InChI=1S/C12H16BrF2NO/c1-3-16-8(2)9-4-5-11(10(13)6-9)17-7-12(14)15/h4-6,8,12,16H,3,7H2,1-2H3. The number of nitrogens with one attached hydrogen (secondary N) is 1. The summed E-state index contributed by atoms with van der Waals surface area (Å²) >= 11 is 3.32. The molecule has 2 nitrogen and oxygen atoms in total. The van der Waals surface area contributed by atoms with Gasteiger partial charge in [0.1, 0.15) is 12.4 Å². The fourth-order valence-corrected chi connectivity index (χ4v) is 1.99. The molecule has 96 valence electrons. The summed E-state index contributed by atoms with van der Waals surface area (Å²) in [7, 11) is 0. The molecule has 1 N–H and O–H groups in total. The second-order valence-corrected chi connectivity index (χ2v) is 4.53. The third kappa shape index (κ3) is 4.60. The number of alkyl halides is 2. The van der Waals surface area contributed by atoms with Gasteiger partial charge in [0, 0.05) is 6.04 Å². The third-order valence-electron chi connectivity index (χ3n) is 2.33. The first kappa shape index (κ1) is 14.4. The van der Waals surface area contributed by atoms with Gasteiger partial charge in [-0.1, -0.05) is 13.0 Å². The van der Waals surface area contributed by atoms with Gasteiger partial charge in [0.05, 0.1) is 4.47 Å². The smallest absolute Gasteiger partial charge is 0.272 e. The van der Waals surface area contributed by atoms with Crippen LogP contribution in [0.25, 0.3) is 0 Å². The minimum Gasteiger partial charge on any atom is -0.486 e. The normalized spacial score (nSPS) is 12.8. The first-order chi connectivity index (χ1) is 8.04. The Morgan fingerprint density at radius 2 is 2.12 bits per heavy atom. The monoisotopic (exact) mass is 307 g/mol. The number of hydrogen-bond donors (Lipinski definition) is 1. The highest BCUT2D eigenvalue weighted by atomic mass is 79.9. The van der Waals surface area contributed by atoms with Crippen molar-refractivity contribution in [3.63, 3.8) is 0 Å². The molecule has 17 heavy (non-hydrogen) atoms. The molecule has 1 rings (SSSR count). The zero-order valence-corrected chi connectivity index (χ0v) is 11.4. The molecule has 1 aromatic rings. The lowest BCUT2D eigenvalue weighted by atomic mass is 10.1. The van der Waals surface area contributed by atoms with Crippen LogP contribution in [-0.2, 0) is 0 Å². The Balaban J connectivity index is 2.72. The summed E-state index contributed by atoms with van der Waals surface area (Å²) in [5, 5.41) is 3.28. The minimum atomic E-state index is -2.46. The van der Waals surface area contributed by atoms with E-state index in [2.05, 4.69) is 21.2 Å². The van der Waals surface area contributed by atoms with E-state index in [1.54, 1.807) is 6.07 Å². The molecule has 0 aliphatic carbocycles. The van der Waals surface area contributed by atoms with Gasteiger partial charge in [0.2, 0.25) is 0 Å². The number of ether oxygens (including phenoxy) is 1. The van der Waals surface area contributed by atoms with Crippen LogP contribution < -0.4 is 10.1 Å². The van der Waals surface area contributed by atoms with E-state index < -0.39 is 13.0 Å². The summed E-state index contributed by atoms with van der Waals surface area (Å²) in [4.78, 5) is 0. The molecule has 1 aromatic carbocycles. The topological polar surface area (TPSA) is 21.3 Å². The summed E-state index contributed by atoms with van der Waals surface area (Å²) in [6.07, 6.45) is -2.46. The van der Waals surface area contributed by atoms with Crippen LogP contribution in [0.2, 0.25) is 0 Å². The fourth-order valence-electron chi connectivity index (χ4n) is 1.48. The van der Waals surface area contributed by atoms with Gasteiger partial charge in [-0.05, 0) is 47.1 Å². The molecule has 0 saturated heterocycles. The molecule has 0 spiro atoms.